The number of halogens is 1. The van der Waals surface area contributed by atoms with Crippen LogP contribution in [-0.4, -0.2) is 30.6 Å². The Labute approximate surface area is 212 Å². The third-order valence-corrected chi connectivity index (χ3v) is 7.35. The van der Waals surface area contributed by atoms with Crippen molar-refractivity contribution in [3.05, 3.63) is 84.6 Å². The summed E-state index contributed by atoms with van der Waals surface area (Å²) in [7, 11) is 1.56. The van der Waals surface area contributed by atoms with Gasteiger partial charge >= 0.3 is 5.97 Å². The van der Waals surface area contributed by atoms with Crippen LogP contribution in [0.15, 0.2) is 56.1 Å². The van der Waals surface area contributed by atoms with E-state index in [9.17, 15) is 14.4 Å². The van der Waals surface area contributed by atoms with Gasteiger partial charge in [0.15, 0.2) is 10.6 Å². The summed E-state index contributed by atoms with van der Waals surface area (Å²) in [6, 6.07) is 11.3. The van der Waals surface area contributed by atoms with Crippen molar-refractivity contribution in [3.8, 4) is 5.75 Å². The van der Waals surface area contributed by atoms with Gasteiger partial charge in [0.1, 0.15) is 16.2 Å². The molecule has 178 valence electrons. The van der Waals surface area contributed by atoms with Gasteiger partial charge in [0.2, 0.25) is 5.76 Å². The maximum Gasteiger partial charge on any atom is 0.350 e. The van der Waals surface area contributed by atoms with Crippen molar-refractivity contribution in [1.82, 2.24) is 4.98 Å². The number of fused-ring (bicyclic) bond motifs is 2. The summed E-state index contributed by atoms with van der Waals surface area (Å²) in [4.78, 5) is 46.0. The van der Waals surface area contributed by atoms with E-state index in [0.717, 1.165) is 11.3 Å². The molecule has 0 bridgehead atoms. The van der Waals surface area contributed by atoms with Gasteiger partial charge in [0, 0.05) is 4.47 Å². The lowest BCUT2D eigenvalue weighted by Crippen LogP contribution is -2.29. The number of rotatable bonds is 5. The third-order valence-electron chi connectivity index (χ3n) is 5.72. The Morgan fingerprint density at radius 3 is 2.63 bits per heavy atom. The third kappa shape index (κ3) is 3.82. The van der Waals surface area contributed by atoms with Gasteiger partial charge in [-0.3, -0.25) is 14.5 Å². The molecule has 0 saturated heterocycles. The number of anilines is 1. The molecular formula is C25H19BrN2O6S. The van der Waals surface area contributed by atoms with E-state index in [4.69, 9.17) is 13.9 Å². The molecule has 3 heterocycles. The Morgan fingerprint density at radius 2 is 1.94 bits per heavy atom. The van der Waals surface area contributed by atoms with Crippen LogP contribution >= 0.6 is 27.3 Å². The van der Waals surface area contributed by atoms with Crippen LogP contribution in [0.5, 0.6) is 5.75 Å². The first-order chi connectivity index (χ1) is 16.8. The van der Waals surface area contributed by atoms with Gasteiger partial charge in [-0.25, -0.2) is 9.78 Å². The fourth-order valence-electron chi connectivity index (χ4n) is 4.12. The molecule has 2 aromatic carbocycles. The SMILES string of the molecule is CCOC(=O)c1sc(N2C(=O)c3oc4ccc(Br)cc4c(=O)c3C2c2ccc(OC)cc2)nc1C. The number of carbonyl (C=O) groups excluding carboxylic acids is 2. The lowest BCUT2D eigenvalue weighted by molar-refractivity contribution is 0.0531. The standard InChI is InChI=1S/C25H19BrN2O6S/c1-4-33-24(31)22-12(2)27-25(35-22)28-19(13-5-8-15(32-3)9-6-13)18-20(29)16-11-14(26)7-10-17(16)34-21(18)23(28)30/h5-11,19H,4H2,1-3H3. The molecule has 0 saturated carbocycles. The number of thiazole rings is 1. The fourth-order valence-corrected chi connectivity index (χ4v) is 5.46. The van der Waals surface area contributed by atoms with E-state index in [0.29, 0.717) is 37.3 Å². The Hall–Kier alpha value is -3.50. The van der Waals surface area contributed by atoms with Crippen molar-refractivity contribution in [3.63, 3.8) is 0 Å². The summed E-state index contributed by atoms with van der Waals surface area (Å²) < 4.78 is 17.1. The molecule has 1 atom stereocenters. The molecule has 5 rings (SSSR count). The van der Waals surface area contributed by atoms with Crippen molar-refractivity contribution in [2.45, 2.75) is 19.9 Å². The Bertz CT molecular complexity index is 1540. The highest BCUT2D eigenvalue weighted by molar-refractivity contribution is 9.10. The van der Waals surface area contributed by atoms with Crippen LogP contribution in [0.4, 0.5) is 5.13 Å². The molecule has 0 fully saturated rings. The lowest BCUT2D eigenvalue weighted by Gasteiger charge is -2.22. The van der Waals surface area contributed by atoms with Gasteiger partial charge in [-0.15, -0.1) is 0 Å². The van der Waals surface area contributed by atoms with E-state index < -0.39 is 17.9 Å². The van der Waals surface area contributed by atoms with E-state index in [1.54, 1.807) is 63.4 Å². The largest absolute Gasteiger partial charge is 0.497 e. The number of aromatic nitrogens is 1. The van der Waals surface area contributed by atoms with E-state index in [2.05, 4.69) is 20.9 Å². The Morgan fingerprint density at radius 1 is 1.20 bits per heavy atom. The molecule has 1 aliphatic heterocycles. The second-order valence-electron chi connectivity index (χ2n) is 7.80. The number of esters is 1. The minimum absolute atomic E-state index is 0.0452. The number of hydrogen-bond donors (Lipinski definition) is 0. The van der Waals surface area contributed by atoms with E-state index in [-0.39, 0.29) is 28.5 Å². The normalized spacial score (nSPS) is 14.9. The number of amides is 1. The molecule has 0 N–H and O–H groups in total. The van der Waals surface area contributed by atoms with Crippen LogP contribution in [0.3, 0.4) is 0 Å². The van der Waals surface area contributed by atoms with Crippen LogP contribution in [-0.2, 0) is 4.74 Å². The Balaban J connectivity index is 1.74. The lowest BCUT2D eigenvalue weighted by atomic mass is 9.98. The van der Waals surface area contributed by atoms with E-state index in [1.807, 2.05) is 0 Å². The molecule has 10 heteroatoms. The molecule has 1 unspecified atom stereocenters. The maximum absolute atomic E-state index is 13.7. The van der Waals surface area contributed by atoms with E-state index in [1.165, 1.54) is 4.90 Å². The van der Waals surface area contributed by atoms with Crippen molar-refractivity contribution in [2.75, 3.05) is 18.6 Å². The predicted octanol–water partition coefficient (Wildman–Crippen LogP) is 5.26. The van der Waals surface area contributed by atoms with Gasteiger partial charge in [-0.1, -0.05) is 39.4 Å². The molecule has 1 amide bonds. The average molecular weight is 555 g/mol. The fraction of sp³-hybridized carbons (Fsp3) is 0.200. The minimum Gasteiger partial charge on any atom is -0.497 e. The number of aryl methyl sites for hydroxylation is 1. The number of hydrogen-bond acceptors (Lipinski definition) is 8. The quantitative estimate of drug-likeness (QED) is 0.310. The Kier molecular flexibility index (Phi) is 5.94. The second-order valence-corrected chi connectivity index (χ2v) is 9.69. The summed E-state index contributed by atoms with van der Waals surface area (Å²) in [6.45, 7) is 3.61. The summed E-state index contributed by atoms with van der Waals surface area (Å²) in [6.07, 6.45) is 0. The zero-order valence-corrected chi connectivity index (χ0v) is 21.4. The van der Waals surface area contributed by atoms with Crippen LogP contribution in [0.2, 0.25) is 0 Å². The number of benzene rings is 2. The second kappa shape index (κ2) is 8.94. The van der Waals surface area contributed by atoms with Gasteiger partial charge in [-0.05, 0) is 49.7 Å². The molecule has 0 radical (unpaired) electrons. The molecule has 0 aliphatic carbocycles. The zero-order chi connectivity index (χ0) is 24.9. The molecular weight excluding hydrogens is 536 g/mol. The molecule has 1 aliphatic rings. The summed E-state index contributed by atoms with van der Waals surface area (Å²) in [5.41, 5.74) is 1.33. The minimum atomic E-state index is -0.802. The van der Waals surface area contributed by atoms with Gasteiger partial charge < -0.3 is 13.9 Å². The first kappa shape index (κ1) is 23.3. The van der Waals surface area contributed by atoms with Gasteiger partial charge in [0.05, 0.1) is 36.4 Å². The highest BCUT2D eigenvalue weighted by Gasteiger charge is 2.45. The number of nitrogens with zero attached hydrogens (tertiary/aromatic N) is 2. The van der Waals surface area contributed by atoms with Gasteiger partial charge in [0.25, 0.3) is 5.91 Å². The highest BCUT2D eigenvalue weighted by atomic mass is 79.9. The van der Waals surface area contributed by atoms with Crippen LogP contribution < -0.4 is 15.1 Å². The first-order valence-corrected chi connectivity index (χ1v) is 12.3. The molecule has 35 heavy (non-hydrogen) atoms. The number of ether oxygens (including phenoxy) is 2. The van der Waals surface area contributed by atoms with Crippen LogP contribution in [0.1, 0.15) is 50.0 Å². The van der Waals surface area contributed by atoms with Crippen LogP contribution in [0.25, 0.3) is 11.0 Å². The summed E-state index contributed by atoms with van der Waals surface area (Å²) in [5.74, 6) is -0.430. The van der Waals surface area contributed by atoms with Crippen molar-refractivity contribution < 1.29 is 23.5 Å². The van der Waals surface area contributed by atoms with Crippen molar-refractivity contribution in [1.29, 1.82) is 0 Å². The summed E-state index contributed by atoms with van der Waals surface area (Å²) >= 11 is 4.44. The number of carbonyl (C=O) groups is 2. The zero-order valence-electron chi connectivity index (χ0n) is 19.0. The predicted molar refractivity (Wildman–Crippen MR) is 135 cm³/mol. The molecule has 8 nitrogen and oxygen atoms in total. The topological polar surface area (TPSA) is 98.9 Å². The molecule has 0 spiro atoms. The van der Waals surface area contributed by atoms with Crippen molar-refractivity contribution in [2.24, 2.45) is 0 Å². The van der Waals surface area contributed by atoms with Gasteiger partial charge in [-0.2, -0.15) is 0 Å². The first-order valence-electron chi connectivity index (χ1n) is 10.7. The number of methoxy groups -OCH3 is 1. The molecule has 2 aromatic heterocycles. The smallest absolute Gasteiger partial charge is 0.350 e. The van der Waals surface area contributed by atoms with Crippen LogP contribution in [0, 0.1) is 6.92 Å². The maximum atomic E-state index is 13.7. The average Bonchev–Trinajstić information content (AvgIpc) is 3.37. The summed E-state index contributed by atoms with van der Waals surface area (Å²) in [5, 5.41) is 0.626. The van der Waals surface area contributed by atoms with E-state index >= 15 is 0 Å². The highest BCUT2D eigenvalue weighted by Crippen LogP contribution is 2.43. The monoisotopic (exact) mass is 554 g/mol. The molecule has 4 aromatic rings. The van der Waals surface area contributed by atoms with Crippen molar-refractivity contribution >= 4 is 55.2 Å².